The van der Waals surface area contributed by atoms with E-state index in [0.717, 1.165) is 27.9 Å². The average molecular weight is 391 g/mol. The van der Waals surface area contributed by atoms with E-state index in [-0.39, 0.29) is 6.04 Å². The minimum absolute atomic E-state index is 0.111. The van der Waals surface area contributed by atoms with Gasteiger partial charge in [-0.15, -0.1) is 0 Å². The van der Waals surface area contributed by atoms with Gasteiger partial charge < -0.3 is 14.4 Å². The molecule has 142 valence electrons. The van der Waals surface area contributed by atoms with Crippen LogP contribution in [0.4, 0.5) is 0 Å². The molecule has 28 heavy (non-hydrogen) atoms. The Morgan fingerprint density at radius 3 is 2.21 bits per heavy atom. The van der Waals surface area contributed by atoms with Crippen molar-refractivity contribution in [3.8, 4) is 11.5 Å². The predicted molar refractivity (Wildman–Crippen MR) is 116 cm³/mol. The molecule has 0 spiro atoms. The van der Waals surface area contributed by atoms with E-state index in [1.54, 1.807) is 26.0 Å². The molecular formula is C23H22N2O2S. The summed E-state index contributed by atoms with van der Waals surface area (Å²) in [6, 6.07) is 16.3. The lowest BCUT2D eigenvalue weighted by Crippen LogP contribution is -2.30. The normalized spacial score (nSPS) is 18.5. The van der Waals surface area contributed by atoms with E-state index in [1.807, 2.05) is 36.4 Å². The summed E-state index contributed by atoms with van der Waals surface area (Å²) in [5.41, 5.74) is 4.48. The van der Waals surface area contributed by atoms with Gasteiger partial charge in [-0.1, -0.05) is 42.1 Å². The second kappa shape index (κ2) is 7.98. The highest BCUT2D eigenvalue weighted by molar-refractivity contribution is 8.16. The smallest absolute Gasteiger partial charge is 0.173 e. The highest BCUT2D eigenvalue weighted by Gasteiger charge is 2.31. The van der Waals surface area contributed by atoms with Gasteiger partial charge >= 0.3 is 0 Å². The number of hydrogen-bond acceptors (Lipinski definition) is 5. The molecule has 1 unspecified atom stereocenters. The maximum atomic E-state index is 5.30. The molecule has 0 N–H and O–H groups in total. The highest BCUT2D eigenvalue weighted by Crippen LogP contribution is 2.40. The Labute approximate surface area is 169 Å². The van der Waals surface area contributed by atoms with Gasteiger partial charge in [0.1, 0.15) is 11.5 Å². The Morgan fingerprint density at radius 2 is 1.57 bits per heavy atom. The monoisotopic (exact) mass is 390 g/mol. The summed E-state index contributed by atoms with van der Waals surface area (Å²) in [5, 5.41) is 3.16. The summed E-state index contributed by atoms with van der Waals surface area (Å²) in [5.74, 6) is 1.72. The fourth-order valence-corrected chi connectivity index (χ4v) is 4.16. The molecule has 0 fully saturated rings. The van der Waals surface area contributed by atoms with E-state index in [4.69, 9.17) is 14.5 Å². The summed E-state index contributed by atoms with van der Waals surface area (Å²) >= 11 is 1.67. The van der Waals surface area contributed by atoms with Gasteiger partial charge in [0.05, 0.1) is 26.0 Å². The molecule has 0 saturated carbocycles. The topological polar surface area (TPSA) is 34.1 Å². The van der Waals surface area contributed by atoms with Crippen molar-refractivity contribution in [2.45, 2.75) is 13.0 Å². The van der Waals surface area contributed by atoms with Crippen LogP contribution in [0.2, 0.25) is 0 Å². The lowest BCUT2D eigenvalue weighted by atomic mass is 10.0. The standard InChI is InChI=1S/C23H22N2O2S/c1-16-15-28-23-24-19(9-4-17-5-10-20(26-2)11-6-17)14-22(25(16)23)18-7-12-21(27-3)13-8-18/h4-15,22H,1-3H3/b9-4+. The Bertz CT molecular complexity index is 973. The molecule has 0 saturated heterocycles. The van der Waals surface area contributed by atoms with Crippen molar-refractivity contribution in [2.75, 3.05) is 14.2 Å². The summed E-state index contributed by atoms with van der Waals surface area (Å²) in [4.78, 5) is 7.11. The van der Waals surface area contributed by atoms with E-state index in [0.29, 0.717) is 0 Å². The largest absolute Gasteiger partial charge is 0.497 e. The molecule has 2 aliphatic rings. The number of hydrogen-bond donors (Lipinski definition) is 0. The summed E-state index contributed by atoms with van der Waals surface area (Å²) in [6.07, 6.45) is 6.35. The molecular weight excluding hydrogens is 368 g/mol. The SMILES string of the molecule is COc1ccc(/C=C/C2=CC(c3ccc(OC)cc3)N3C(C)=CSC3=N2)cc1. The molecule has 0 amide bonds. The fraction of sp³-hybridized carbons (Fsp3) is 0.174. The van der Waals surface area contributed by atoms with Gasteiger partial charge in [0.25, 0.3) is 0 Å². The van der Waals surface area contributed by atoms with E-state index in [1.165, 1.54) is 11.3 Å². The van der Waals surface area contributed by atoms with Crippen molar-refractivity contribution < 1.29 is 9.47 Å². The van der Waals surface area contributed by atoms with E-state index in [9.17, 15) is 0 Å². The maximum absolute atomic E-state index is 5.30. The van der Waals surface area contributed by atoms with Crippen LogP contribution in [-0.2, 0) is 0 Å². The van der Waals surface area contributed by atoms with Crippen molar-refractivity contribution >= 4 is 23.0 Å². The molecule has 2 aromatic carbocycles. The van der Waals surface area contributed by atoms with Crippen molar-refractivity contribution in [3.05, 3.63) is 88.6 Å². The number of amidine groups is 1. The van der Waals surface area contributed by atoms with Crippen LogP contribution in [-0.4, -0.2) is 24.3 Å². The second-order valence-corrected chi connectivity index (χ2v) is 7.39. The van der Waals surface area contributed by atoms with Gasteiger partial charge in [-0.3, -0.25) is 0 Å². The van der Waals surface area contributed by atoms with Gasteiger partial charge in [0.2, 0.25) is 0 Å². The molecule has 2 aromatic rings. The van der Waals surface area contributed by atoms with Crippen molar-refractivity contribution in [2.24, 2.45) is 4.99 Å². The molecule has 2 heterocycles. The first-order valence-electron chi connectivity index (χ1n) is 9.07. The van der Waals surface area contributed by atoms with E-state index >= 15 is 0 Å². The zero-order valence-electron chi connectivity index (χ0n) is 16.1. The first-order chi connectivity index (χ1) is 13.7. The van der Waals surface area contributed by atoms with E-state index in [2.05, 4.69) is 47.6 Å². The van der Waals surface area contributed by atoms with E-state index < -0.39 is 0 Å². The molecule has 2 aliphatic heterocycles. The summed E-state index contributed by atoms with van der Waals surface area (Å²) < 4.78 is 10.5. The first kappa shape index (κ1) is 18.4. The van der Waals surface area contributed by atoms with Crippen LogP contribution in [0, 0.1) is 0 Å². The number of allylic oxidation sites excluding steroid dienone is 2. The third kappa shape index (κ3) is 3.71. The Morgan fingerprint density at radius 1 is 0.929 bits per heavy atom. The molecule has 0 aromatic heterocycles. The third-order valence-corrected chi connectivity index (χ3v) is 5.73. The van der Waals surface area contributed by atoms with Gasteiger partial charge in [-0.2, -0.15) is 0 Å². The van der Waals surface area contributed by atoms with Crippen molar-refractivity contribution in [1.82, 2.24) is 4.90 Å². The van der Waals surface area contributed by atoms with Crippen LogP contribution in [0.1, 0.15) is 24.1 Å². The van der Waals surface area contributed by atoms with Crippen molar-refractivity contribution in [1.29, 1.82) is 0 Å². The van der Waals surface area contributed by atoms with Crippen LogP contribution in [0.15, 0.2) is 82.5 Å². The molecule has 0 radical (unpaired) electrons. The van der Waals surface area contributed by atoms with Crippen LogP contribution in [0.3, 0.4) is 0 Å². The molecule has 5 heteroatoms. The summed E-state index contributed by atoms with van der Waals surface area (Å²) in [6.45, 7) is 2.12. The molecule has 4 rings (SSSR count). The molecule has 0 aliphatic carbocycles. The van der Waals surface area contributed by atoms with Gasteiger partial charge in [0.15, 0.2) is 5.17 Å². The van der Waals surface area contributed by atoms with Crippen molar-refractivity contribution in [3.63, 3.8) is 0 Å². The zero-order valence-corrected chi connectivity index (χ0v) is 16.9. The van der Waals surface area contributed by atoms with Crippen LogP contribution in [0.25, 0.3) is 6.08 Å². The minimum atomic E-state index is 0.111. The number of aliphatic imine (C=N–C) groups is 1. The quantitative estimate of drug-likeness (QED) is 0.663. The lowest BCUT2D eigenvalue weighted by Gasteiger charge is -2.32. The average Bonchev–Trinajstić information content (AvgIpc) is 3.13. The highest BCUT2D eigenvalue weighted by atomic mass is 32.2. The predicted octanol–water partition coefficient (Wildman–Crippen LogP) is 5.62. The number of thioether (sulfide) groups is 1. The first-order valence-corrected chi connectivity index (χ1v) is 9.95. The van der Waals surface area contributed by atoms with Gasteiger partial charge in [0, 0.05) is 5.70 Å². The fourth-order valence-electron chi connectivity index (χ4n) is 3.24. The Hall–Kier alpha value is -2.92. The number of fused-ring (bicyclic) bond motifs is 1. The Kier molecular flexibility index (Phi) is 5.26. The number of rotatable bonds is 5. The Balaban J connectivity index is 1.63. The van der Waals surface area contributed by atoms with Crippen LogP contribution >= 0.6 is 11.8 Å². The van der Waals surface area contributed by atoms with Gasteiger partial charge in [-0.25, -0.2) is 4.99 Å². The summed E-state index contributed by atoms with van der Waals surface area (Å²) in [7, 11) is 3.36. The third-order valence-electron chi connectivity index (χ3n) is 4.77. The number of ether oxygens (including phenoxy) is 2. The van der Waals surface area contributed by atoms with Crippen LogP contribution in [0.5, 0.6) is 11.5 Å². The van der Waals surface area contributed by atoms with Crippen LogP contribution < -0.4 is 9.47 Å². The molecule has 1 atom stereocenters. The maximum Gasteiger partial charge on any atom is 0.173 e. The lowest BCUT2D eigenvalue weighted by molar-refractivity contribution is 0.413. The molecule has 0 bridgehead atoms. The minimum Gasteiger partial charge on any atom is -0.497 e. The second-order valence-electron chi connectivity index (χ2n) is 6.56. The molecule has 4 nitrogen and oxygen atoms in total. The number of nitrogens with zero attached hydrogens (tertiary/aromatic N) is 2. The van der Waals surface area contributed by atoms with Gasteiger partial charge in [-0.05, 0) is 59.9 Å². The number of benzene rings is 2. The number of methoxy groups -OCH3 is 2. The zero-order chi connectivity index (χ0) is 19.5.